The van der Waals surface area contributed by atoms with Crippen LogP contribution in [0.5, 0.6) is 0 Å². The third-order valence-corrected chi connectivity index (χ3v) is 4.93. The van der Waals surface area contributed by atoms with E-state index in [4.69, 9.17) is 4.52 Å². The molecule has 0 atom stereocenters. The summed E-state index contributed by atoms with van der Waals surface area (Å²) in [6, 6.07) is 0. The average molecular weight is 192 g/mol. The van der Waals surface area contributed by atoms with Crippen LogP contribution < -0.4 is 0 Å². The second-order valence-electron chi connectivity index (χ2n) is 3.45. The molecule has 3 heteroatoms. The highest BCUT2D eigenvalue weighted by Crippen LogP contribution is 2.54. The maximum atomic E-state index is 5.86. The predicted octanol–water partition coefficient (Wildman–Crippen LogP) is 2.86. The largest absolute Gasteiger partial charge is 0.220 e. The van der Waals surface area contributed by atoms with Crippen molar-refractivity contribution in [2.45, 2.75) is 26.7 Å². The molecule has 0 spiro atoms. The maximum absolute atomic E-state index is 5.86. The van der Waals surface area contributed by atoms with Crippen molar-refractivity contribution in [3.05, 3.63) is 0 Å². The van der Waals surface area contributed by atoms with Gasteiger partial charge in [0.2, 0.25) is 7.64 Å². The van der Waals surface area contributed by atoms with E-state index < -0.39 is 7.64 Å². The summed E-state index contributed by atoms with van der Waals surface area (Å²) in [5.41, 5.74) is 0. The molecule has 0 aromatic heterocycles. The van der Waals surface area contributed by atoms with Crippen molar-refractivity contribution in [2.24, 2.45) is 0 Å². The van der Waals surface area contributed by atoms with Crippen LogP contribution in [0.25, 0.3) is 0 Å². The summed E-state index contributed by atoms with van der Waals surface area (Å²) < 4.78 is 8.18. The van der Waals surface area contributed by atoms with E-state index in [-0.39, 0.29) is 0 Å². The molecular weight excluding hydrogens is 169 g/mol. The Morgan fingerprint density at radius 1 is 1.25 bits per heavy atom. The van der Waals surface area contributed by atoms with Gasteiger partial charge < -0.3 is 0 Å². The van der Waals surface area contributed by atoms with E-state index in [1.54, 1.807) is 0 Å². The highest BCUT2D eigenvalue weighted by molar-refractivity contribution is 7.67. The quantitative estimate of drug-likeness (QED) is 0.474. The fraction of sp³-hybridized carbons (Fsp3) is 1.00. The van der Waals surface area contributed by atoms with Crippen molar-refractivity contribution in [3.8, 4) is 0 Å². The molecule has 0 aromatic carbocycles. The molecule has 0 saturated carbocycles. The molecule has 0 fully saturated rings. The molecule has 0 aliphatic heterocycles. The molecule has 0 bridgehead atoms. The molecule has 0 saturated heterocycles. The maximum Gasteiger partial charge on any atom is 0.209 e. The molecule has 0 aromatic rings. The van der Waals surface area contributed by atoms with Crippen molar-refractivity contribution in [2.75, 3.05) is 33.5 Å². The minimum Gasteiger partial charge on any atom is -0.220 e. The Kier molecular flexibility index (Phi) is 6.08. The van der Waals surface area contributed by atoms with Crippen LogP contribution in [-0.4, -0.2) is 38.2 Å². The van der Waals surface area contributed by atoms with E-state index >= 15 is 0 Å². The zero-order valence-electron chi connectivity index (χ0n) is 9.13. The van der Waals surface area contributed by atoms with Gasteiger partial charge in [-0.05, 0) is 13.3 Å². The highest BCUT2D eigenvalue weighted by atomic mass is 31.2. The lowest BCUT2D eigenvalue weighted by molar-refractivity contribution is 0.303. The van der Waals surface area contributed by atoms with E-state index in [9.17, 15) is 0 Å². The van der Waals surface area contributed by atoms with Gasteiger partial charge in [0.15, 0.2) is 0 Å². The normalized spacial score (nSPS) is 12.5. The zero-order chi connectivity index (χ0) is 9.61. The molecule has 0 rings (SSSR count). The Hall–Kier alpha value is 0.350. The lowest BCUT2D eigenvalue weighted by atomic mass is 10.4. The monoisotopic (exact) mass is 192 g/mol. The molecule has 0 aliphatic carbocycles. The Morgan fingerprint density at radius 2 is 1.83 bits per heavy atom. The smallest absolute Gasteiger partial charge is 0.209 e. The summed E-state index contributed by atoms with van der Waals surface area (Å²) >= 11 is 0. The van der Waals surface area contributed by atoms with Crippen molar-refractivity contribution in [1.29, 1.82) is 0 Å². The van der Waals surface area contributed by atoms with Crippen molar-refractivity contribution in [3.63, 3.8) is 0 Å². The highest BCUT2D eigenvalue weighted by Gasteiger charge is 2.31. The first kappa shape index (κ1) is 12.3. The second-order valence-corrected chi connectivity index (χ2v) is 6.98. The predicted molar refractivity (Wildman–Crippen MR) is 57.9 cm³/mol. The standard InChI is InChI=1S/C9H23NOP/c1-6-8-9-11-12(4,5)10(3)7-2/h6-9H2,1-5H3/q+1. The minimum atomic E-state index is -1.23. The summed E-state index contributed by atoms with van der Waals surface area (Å²) in [7, 11) is 0.909. The lowest BCUT2D eigenvalue weighted by Gasteiger charge is -2.24. The molecule has 0 amide bonds. The van der Waals surface area contributed by atoms with E-state index in [1.807, 2.05) is 0 Å². The van der Waals surface area contributed by atoms with Crippen LogP contribution in [-0.2, 0) is 4.52 Å². The summed E-state index contributed by atoms with van der Waals surface area (Å²) in [6.45, 7) is 10.8. The van der Waals surface area contributed by atoms with Gasteiger partial charge >= 0.3 is 0 Å². The van der Waals surface area contributed by atoms with Crippen LogP contribution in [0.3, 0.4) is 0 Å². The van der Waals surface area contributed by atoms with Gasteiger partial charge in [0.25, 0.3) is 0 Å². The van der Waals surface area contributed by atoms with E-state index in [0.29, 0.717) is 0 Å². The summed E-state index contributed by atoms with van der Waals surface area (Å²) in [4.78, 5) is 0. The Labute approximate surface area is 77.8 Å². The molecule has 0 unspecified atom stereocenters. The first-order valence-corrected chi connectivity index (χ1v) is 7.30. The van der Waals surface area contributed by atoms with Crippen LogP contribution in [0, 0.1) is 0 Å². The van der Waals surface area contributed by atoms with Crippen molar-refractivity contribution < 1.29 is 4.52 Å². The second kappa shape index (κ2) is 5.90. The Bertz CT molecular complexity index is 117. The molecule has 2 nitrogen and oxygen atoms in total. The Morgan fingerprint density at radius 3 is 2.25 bits per heavy atom. The topological polar surface area (TPSA) is 12.5 Å². The molecule has 12 heavy (non-hydrogen) atoms. The van der Waals surface area contributed by atoms with Gasteiger partial charge in [0, 0.05) is 13.6 Å². The fourth-order valence-electron chi connectivity index (χ4n) is 0.871. The fourth-order valence-corrected chi connectivity index (χ4v) is 2.33. The SMILES string of the molecule is CCCCO[P+](C)(C)N(C)CC. The summed E-state index contributed by atoms with van der Waals surface area (Å²) in [6.07, 6.45) is 2.40. The molecular formula is C9H23NOP+. The van der Waals surface area contributed by atoms with Gasteiger partial charge in [-0.1, -0.05) is 13.3 Å². The van der Waals surface area contributed by atoms with E-state index in [2.05, 4.69) is 38.9 Å². The number of hydrogen-bond donors (Lipinski definition) is 0. The van der Waals surface area contributed by atoms with Gasteiger partial charge in [0.1, 0.15) is 0 Å². The van der Waals surface area contributed by atoms with Crippen molar-refractivity contribution >= 4 is 7.64 Å². The number of nitrogens with zero attached hydrogens (tertiary/aromatic N) is 1. The molecule has 0 aliphatic rings. The summed E-state index contributed by atoms with van der Waals surface area (Å²) in [5, 5.41) is 0. The lowest BCUT2D eigenvalue weighted by Crippen LogP contribution is -2.20. The van der Waals surface area contributed by atoms with Crippen LogP contribution >= 0.6 is 7.64 Å². The average Bonchev–Trinajstić information content (AvgIpc) is 2.03. The molecule has 0 radical (unpaired) electrons. The zero-order valence-corrected chi connectivity index (χ0v) is 10.0. The van der Waals surface area contributed by atoms with E-state index in [1.165, 1.54) is 12.8 Å². The Balaban J connectivity index is 3.70. The van der Waals surface area contributed by atoms with Crippen LogP contribution in [0.4, 0.5) is 0 Å². The first-order chi connectivity index (χ1) is 5.54. The van der Waals surface area contributed by atoms with Gasteiger partial charge in [0.05, 0.1) is 19.9 Å². The van der Waals surface area contributed by atoms with Crippen LogP contribution in [0.1, 0.15) is 26.7 Å². The molecule has 74 valence electrons. The van der Waals surface area contributed by atoms with Gasteiger partial charge in [-0.2, -0.15) is 4.67 Å². The summed E-state index contributed by atoms with van der Waals surface area (Å²) in [5.74, 6) is 0. The van der Waals surface area contributed by atoms with Gasteiger partial charge in [-0.15, -0.1) is 0 Å². The number of unbranched alkanes of at least 4 members (excludes halogenated alkanes) is 1. The van der Waals surface area contributed by atoms with Crippen LogP contribution in [0.15, 0.2) is 0 Å². The number of hydrogen-bond acceptors (Lipinski definition) is 2. The van der Waals surface area contributed by atoms with Gasteiger partial charge in [-0.25, -0.2) is 4.52 Å². The third kappa shape index (κ3) is 4.39. The van der Waals surface area contributed by atoms with Crippen LogP contribution in [0.2, 0.25) is 0 Å². The number of rotatable bonds is 6. The minimum absolute atomic E-state index is 0.918. The molecule has 0 heterocycles. The molecule has 0 N–H and O–H groups in total. The van der Waals surface area contributed by atoms with Crippen molar-refractivity contribution in [1.82, 2.24) is 4.67 Å². The third-order valence-electron chi connectivity index (χ3n) is 2.18. The first-order valence-electron chi connectivity index (χ1n) is 4.74. The van der Waals surface area contributed by atoms with Gasteiger partial charge in [-0.3, -0.25) is 0 Å². The van der Waals surface area contributed by atoms with E-state index in [0.717, 1.165) is 13.2 Å².